The third-order valence-electron chi connectivity index (χ3n) is 3.02. The van der Waals surface area contributed by atoms with Crippen LogP contribution in [0.3, 0.4) is 0 Å². The van der Waals surface area contributed by atoms with E-state index in [1.807, 2.05) is 0 Å². The first-order chi connectivity index (χ1) is 8.13. The third kappa shape index (κ3) is 6.99. The second-order valence-electron chi connectivity index (χ2n) is 5.42. The molecule has 1 rings (SSSR count). The SMILES string of the molecule is COCCN(CC(O)CNCC(C)C)C1CC1. The van der Waals surface area contributed by atoms with Crippen LogP contribution in [0.15, 0.2) is 0 Å². The van der Waals surface area contributed by atoms with Gasteiger partial charge in [-0.1, -0.05) is 13.8 Å². The van der Waals surface area contributed by atoms with Gasteiger partial charge in [0.15, 0.2) is 0 Å². The van der Waals surface area contributed by atoms with E-state index in [0.717, 1.165) is 26.2 Å². The predicted molar refractivity (Wildman–Crippen MR) is 70.2 cm³/mol. The summed E-state index contributed by atoms with van der Waals surface area (Å²) in [5, 5.41) is 13.3. The van der Waals surface area contributed by atoms with E-state index in [-0.39, 0.29) is 6.10 Å². The highest BCUT2D eigenvalue weighted by Crippen LogP contribution is 2.26. The number of aliphatic hydroxyl groups is 1. The Hall–Kier alpha value is -0.160. The van der Waals surface area contributed by atoms with Crippen LogP contribution < -0.4 is 5.32 Å². The summed E-state index contributed by atoms with van der Waals surface area (Å²) < 4.78 is 5.11. The number of aliphatic hydroxyl groups excluding tert-OH is 1. The number of methoxy groups -OCH3 is 1. The van der Waals surface area contributed by atoms with E-state index in [0.29, 0.717) is 18.5 Å². The van der Waals surface area contributed by atoms with Crippen molar-refractivity contribution >= 4 is 0 Å². The van der Waals surface area contributed by atoms with E-state index in [4.69, 9.17) is 4.74 Å². The van der Waals surface area contributed by atoms with Crippen molar-refractivity contribution in [1.29, 1.82) is 0 Å². The molecule has 0 aromatic carbocycles. The van der Waals surface area contributed by atoms with Gasteiger partial charge in [0.25, 0.3) is 0 Å². The maximum absolute atomic E-state index is 9.96. The highest BCUT2D eigenvalue weighted by atomic mass is 16.5. The fourth-order valence-electron chi connectivity index (χ4n) is 1.95. The quantitative estimate of drug-likeness (QED) is 0.594. The predicted octanol–water partition coefficient (Wildman–Crippen LogP) is 0.704. The number of rotatable bonds is 10. The molecule has 17 heavy (non-hydrogen) atoms. The van der Waals surface area contributed by atoms with Crippen molar-refractivity contribution in [3.05, 3.63) is 0 Å². The fraction of sp³-hybridized carbons (Fsp3) is 1.00. The summed E-state index contributed by atoms with van der Waals surface area (Å²) in [7, 11) is 1.73. The van der Waals surface area contributed by atoms with Crippen molar-refractivity contribution < 1.29 is 9.84 Å². The van der Waals surface area contributed by atoms with Crippen LogP contribution >= 0.6 is 0 Å². The Morgan fingerprint density at radius 3 is 2.59 bits per heavy atom. The van der Waals surface area contributed by atoms with Gasteiger partial charge in [0, 0.05) is 32.8 Å². The Bertz CT molecular complexity index is 196. The minimum atomic E-state index is -0.272. The van der Waals surface area contributed by atoms with Crippen LogP contribution in [0.4, 0.5) is 0 Å². The molecule has 2 N–H and O–H groups in total. The lowest BCUT2D eigenvalue weighted by Gasteiger charge is -2.25. The van der Waals surface area contributed by atoms with E-state index in [9.17, 15) is 5.11 Å². The molecule has 0 saturated heterocycles. The fourth-order valence-corrected chi connectivity index (χ4v) is 1.95. The summed E-state index contributed by atoms with van der Waals surface area (Å²) in [4.78, 5) is 2.35. The Morgan fingerprint density at radius 2 is 2.06 bits per heavy atom. The van der Waals surface area contributed by atoms with Crippen LogP contribution in [0.1, 0.15) is 26.7 Å². The molecule has 102 valence electrons. The maximum Gasteiger partial charge on any atom is 0.0791 e. The average Bonchev–Trinajstić information content (AvgIpc) is 3.07. The Morgan fingerprint density at radius 1 is 1.35 bits per heavy atom. The standard InChI is InChI=1S/C13H28N2O2/c1-11(2)8-14-9-13(16)10-15(6-7-17-3)12-4-5-12/h11-14,16H,4-10H2,1-3H3. The zero-order chi connectivity index (χ0) is 12.7. The molecular formula is C13H28N2O2. The maximum atomic E-state index is 9.96. The highest BCUT2D eigenvalue weighted by molar-refractivity contribution is 4.85. The Balaban J connectivity index is 2.14. The number of nitrogens with one attached hydrogen (secondary N) is 1. The van der Waals surface area contributed by atoms with Crippen LogP contribution in [0.2, 0.25) is 0 Å². The molecule has 0 aromatic heterocycles. The van der Waals surface area contributed by atoms with Crippen molar-refractivity contribution in [2.75, 3.05) is 39.9 Å². The van der Waals surface area contributed by atoms with Crippen molar-refractivity contribution in [3.63, 3.8) is 0 Å². The minimum Gasteiger partial charge on any atom is -0.390 e. The van der Waals surface area contributed by atoms with Crippen LogP contribution in [0, 0.1) is 5.92 Å². The molecule has 1 aliphatic rings. The number of hydrogen-bond acceptors (Lipinski definition) is 4. The first-order valence-corrected chi connectivity index (χ1v) is 6.75. The van der Waals surface area contributed by atoms with Crippen LogP contribution in [0.25, 0.3) is 0 Å². The number of nitrogens with zero attached hydrogens (tertiary/aromatic N) is 1. The molecule has 4 nitrogen and oxygen atoms in total. The van der Waals surface area contributed by atoms with Gasteiger partial charge in [-0.25, -0.2) is 0 Å². The lowest BCUT2D eigenvalue weighted by molar-refractivity contribution is 0.0838. The molecule has 1 fully saturated rings. The molecule has 0 heterocycles. The molecule has 0 bridgehead atoms. The van der Waals surface area contributed by atoms with E-state index in [1.165, 1.54) is 12.8 Å². The molecule has 4 heteroatoms. The van der Waals surface area contributed by atoms with Gasteiger partial charge in [-0.15, -0.1) is 0 Å². The molecule has 0 aliphatic heterocycles. The molecule has 1 atom stereocenters. The summed E-state index contributed by atoms with van der Waals surface area (Å²) in [5.41, 5.74) is 0. The lowest BCUT2D eigenvalue weighted by atomic mass is 10.2. The van der Waals surface area contributed by atoms with Gasteiger partial charge >= 0.3 is 0 Å². The smallest absolute Gasteiger partial charge is 0.0791 e. The van der Waals surface area contributed by atoms with Crippen LogP contribution in [-0.2, 0) is 4.74 Å². The molecule has 1 unspecified atom stereocenters. The monoisotopic (exact) mass is 244 g/mol. The summed E-state index contributed by atoms with van der Waals surface area (Å²) in [6.45, 7) is 8.46. The Kier molecular flexibility index (Phi) is 7.04. The summed E-state index contributed by atoms with van der Waals surface area (Å²) in [6.07, 6.45) is 2.28. The van der Waals surface area contributed by atoms with Gasteiger partial charge in [-0.2, -0.15) is 0 Å². The molecule has 0 radical (unpaired) electrons. The van der Waals surface area contributed by atoms with E-state index in [2.05, 4.69) is 24.1 Å². The summed E-state index contributed by atoms with van der Waals surface area (Å²) in [5.74, 6) is 0.634. The normalized spacial score (nSPS) is 18.0. The van der Waals surface area contributed by atoms with Gasteiger partial charge in [0.05, 0.1) is 12.7 Å². The first kappa shape index (κ1) is 14.9. The molecule has 0 spiro atoms. The van der Waals surface area contributed by atoms with E-state index in [1.54, 1.807) is 7.11 Å². The molecule has 1 saturated carbocycles. The average molecular weight is 244 g/mol. The first-order valence-electron chi connectivity index (χ1n) is 6.75. The second kappa shape index (κ2) is 8.03. The van der Waals surface area contributed by atoms with Crippen molar-refractivity contribution in [2.45, 2.75) is 38.8 Å². The van der Waals surface area contributed by atoms with Gasteiger partial charge in [-0.3, -0.25) is 4.90 Å². The van der Waals surface area contributed by atoms with E-state index < -0.39 is 0 Å². The summed E-state index contributed by atoms with van der Waals surface area (Å²) in [6, 6.07) is 0.685. The van der Waals surface area contributed by atoms with Gasteiger partial charge in [0.1, 0.15) is 0 Å². The number of ether oxygens (including phenoxy) is 1. The van der Waals surface area contributed by atoms with Crippen molar-refractivity contribution in [3.8, 4) is 0 Å². The summed E-state index contributed by atoms with van der Waals surface area (Å²) >= 11 is 0. The molecule has 0 amide bonds. The highest BCUT2D eigenvalue weighted by Gasteiger charge is 2.29. The van der Waals surface area contributed by atoms with Crippen molar-refractivity contribution in [2.24, 2.45) is 5.92 Å². The molecular weight excluding hydrogens is 216 g/mol. The Labute approximate surface area is 105 Å². The number of hydrogen-bond donors (Lipinski definition) is 2. The second-order valence-corrected chi connectivity index (χ2v) is 5.42. The lowest BCUT2D eigenvalue weighted by Crippen LogP contribution is -2.41. The van der Waals surface area contributed by atoms with Crippen LogP contribution in [0.5, 0.6) is 0 Å². The van der Waals surface area contributed by atoms with Gasteiger partial charge in [-0.05, 0) is 25.3 Å². The molecule has 0 aromatic rings. The zero-order valence-electron chi connectivity index (χ0n) is 11.5. The van der Waals surface area contributed by atoms with E-state index >= 15 is 0 Å². The molecule has 1 aliphatic carbocycles. The zero-order valence-corrected chi connectivity index (χ0v) is 11.5. The third-order valence-corrected chi connectivity index (χ3v) is 3.02. The van der Waals surface area contributed by atoms with Crippen LogP contribution in [-0.4, -0.2) is 62.0 Å². The largest absolute Gasteiger partial charge is 0.390 e. The van der Waals surface area contributed by atoms with Crippen molar-refractivity contribution in [1.82, 2.24) is 10.2 Å². The topological polar surface area (TPSA) is 44.7 Å². The van der Waals surface area contributed by atoms with Gasteiger partial charge in [0.2, 0.25) is 0 Å². The van der Waals surface area contributed by atoms with Gasteiger partial charge < -0.3 is 15.2 Å². The minimum absolute atomic E-state index is 0.272.